The van der Waals surface area contributed by atoms with Gasteiger partial charge in [-0.1, -0.05) is 23.7 Å². The van der Waals surface area contributed by atoms with Crippen molar-refractivity contribution in [1.29, 1.82) is 0 Å². The zero-order valence-electron chi connectivity index (χ0n) is 20.5. The van der Waals surface area contributed by atoms with Crippen molar-refractivity contribution in [3.05, 3.63) is 58.9 Å². The molecular weight excluding hydrogens is 441 g/mol. The van der Waals surface area contributed by atoms with E-state index >= 15 is 0 Å². The van der Waals surface area contributed by atoms with Gasteiger partial charge in [-0.05, 0) is 75.8 Å². The standard InChI is InChI=1S/C27H31BN3O2S/c1-26(2,27(3,4)34)33-28-16-11-12-19-20(13-16)31-21-14-22(24(31)29-19)30(5)25(32)18-8-6-7-17(23(18)21)15-9-10-15/h6-8,11-13,15,21-22,34H,9-10,14H2,1-5H3. The molecule has 3 aromatic rings. The number of aromatic nitrogens is 2. The smallest absolute Gasteiger partial charge is 0.330 e. The number of rotatable bonds is 5. The summed E-state index contributed by atoms with van der Waals surface area (Å²) in [6, 6.07) is 12.7. The largest absolute Gasteiger partial charge is 0.428 e. The second kappa shape index (κ2) is 7.38. The first-order chi connectivity index (χ1) is 16.1. The van der Waals surface area contributed by atoms with Crippen LogP contribution in [0, 0.1) is 0 Å². The topological polar surface area (TPSA) is 47.4 Å². The van der Waals surface area contributed by atoms with Gasteiger partial charge in [0.1, 0.15) is 5.82 Å². The van der Waals surface area contributed by atoms with Gasteiger partial charge in [-0.15, -0.1) is 0 Å². The van der Waals surface area contributed by atoms with Gasteiger partial charge in [0, 0.05) is 23.8 Å². The Morgan fingerprint density at radius 3 is 2.59 bits per heavy atom. The third-order valence-electron chi connectivity index (χ3n) is 8.27. The summed E-state index contributed by atoms with van der Waals surface area (Å²) in [5.74, 6) is 1.68. The fourth-order valence-corrected chi connectivity index (χ4v) is 5.40. The highest BCUT2D eigenvalue weighted by Gasteiger charge is 2.45. The molecule has 0 N–H and O–H groups in total. The third kappa shape index (κ3) is 3.27. The molecule has 1 fully saturated rings. The molecule has 1 aliphatic carbocycles. The van der Waals surface area contributed by atoms with Crippen molar-refractivity contribution in [1.82, 2.24) is 14.5 Å². The number of benzene rings is 2. The van der Waals surface area contributed by atoms with Gasteiger partial charge in [0.15, 0.2) is 0 Å². The summed E-state index contributed by atoms with van der Waals surface area (Å²) in [5.41, 5.74) is 6.05. The average molecular weight is 472 g/mol. The summed E-state index contributed by atoms with van der Waals surface area (Å²) in [6.07, 6.45) is 3.30. The Morgan fingerprint density at radius 1 is 1.12 bits per heavy atom. The van der Waals surface area contributed by atoms with Crippen molar-refractivity contribution in [2.45, 2.75) is 75.3 Å². The van der Waals surface area contributed by atoms with E-state index < -0.39 is 5.60 Å². The molecule has 0 saturated heterocycles. The Balaban J connectivity index is 1.46. The second-order valence-corrected chi connectivity index (χ2v) is 12.3. The molecule has 34 heavy (non-hydrogen) atoms. The molecule has 2 aromatic carbocycles. The van der Waals surface area contributed by atoms with E-state index in [1.165, 1.54) is 24.0 Å². The normalized spacial score (nSPS) is 22.1. The Morgan fingerprint density at radius 2 is 1.88 bits per heavy atom. The van der Waals surface area contributed by atoms with Gasteiger partial charge >= 0.3 is 7.48 Å². The summed E-state index contributed by atoms with van der Waals surface area (Å²) < 4.78 is 8.29. The van der Waals surface area contributed by atoms with E-state index in [4.69, 9.17) is 22.3 Å². The van der Waals surface area contributed by atoms with E-state index in [1.54, 1.807) is 0 Å². The number of hydrogen-bond donors (Lipinski definition) is 1. The maximum Gasteiger partial charge on any atom is 0.330 e. The van der Waals surface area contributed by atoms with Crippen molar-refractivity contribution >= 4 is 42.5 Å². The molecule has 1 amide bonds. The second-order valence-electron chi connectivity index (χ2n) is 11.2. The van der Waals surface area contributed by atoms with Crippen LogP contribution in [0.3, 0.4) is 0 Å². The molecule has 1 radical (unpaired) electrons. The van der Waals surface area contributed by atoms with Crippen LogP contribution in [0.5, 0.6) is 0 Å². The SMILES string of the molecule is CN1C(=O)c2cccc(C3CC3)c2C2CC1c1nc3ccc([B]OC(C)(C)C(C)(C)S)cc3n12. The third-order valence-corrected chi connectivity index (χ3v) is 8.81. The van der Waals surface area contributed by atoms with Crippen LogP contribution in [0.25, 0.3) is 11.0 Å². The molecule has 7 heteroatoms. The Labute approximate surface area is 207 Å². The van der Waals surface area contributed by atoms with Crippen molar-refractivity contribution in [2.24, 2.45) is 0 Å². The molecular formula is C27H31BN3O2S. The molecule has 3 heterocycles. The van der Waals surface area contributed by atoms with E-state index in [-0.39, 0.29) is 22.7 Å². The summed E-state index contributed by atoms with van der Waals surface area (Å²) in [7, 11) is 3.76. The summed E-state index contributed by atoms with van der Waals surface area (Å²) >= 11 is 4.72. The van der Waals surface area contributed by atoms with Crippen molar-refractivity contribution in [3.63, 3.8) is 0 Å². The number of imidazole rings is 1. The fraction of sp³-hybridized carbons (Fsp3) is 0.481. The van der Waals surface area contributed by atoms with Gasteiger partial charge in [0.25, 0.3) is 5.91 Å². The van der Waals surface area contributed by atoms with E-state index in [1.807, 2.05) is 25.5 Å². The minimum absolute atomic E-state index is 0.0167. The van der Waals surface area contributed by atoms with Crippen LogP contribution in [-0.2, 0) is 4.65 Å². The first-order valence-electron chi connectivity index (χ1n) is 12.2. The maximum atomic E-state index is 13.4. The number of carbonyl (C=O) groups excluding carboxylic acids is 1. The van der Waals surface area contributed by atoms with Gasteiger partial charge < -0.3 is 14.1 Å². The highest BCUT2D eigenvalue weighted by atomic mass is 32.1. The minimum atomic E-state index is -0.430. The summed E-state index contributed by atoms with van der Waals surface area (Å²) in [5, 5.41) is 0. The molecule has 3 aliphatic rings. The van der Waals surface area contributed by atoms with Gasteiger partial charge in [0.05, 0.1) is 28.7 Å². The number of fused-ring (bicyclic) bond motifs is 9. The fourth-order valence-electron chi connectivity index (χ4n) is 5.35. The lowest BCUT2D eigenvalue weighted by atomic mass is 9.83. The van der Waals surface area contributed by atoms with E-state index in [9.17, 15) is 4.79 Å². The highest BCUT2D eigenvalue weighted by molar-refractivity contribution is 7.81. The van der Waals surface area contributed by atoms with Crippen LogP contribution in [0.15, 0.2) is 36.4 Å². The summed E-state index contributed by atoms with van der Waals surface area (Å²) in [4.78, 5) is 20.3. The monoisotopic (exact) mass is 472 g/mol. The quantitative estimate of drug-likeness (QED) is 0.430. The number of hydrogen-bond acceptors (Lipinski definition) is 4. The lowest BCUT2D eigenvalue weighted by Gasteiger charge is -2.38. The Hall–Kier alpha value is -2.25. The molecule has 6 rings (SSSR count). The summed E-state index contributed by atoms with van der Waals surface area (Å²) in [6.45, 7) is 8.24. The molecule has 5 nitrogen and oxygen atoms in total. The molecule has 1 saturated carbocycles. The molecule has 2 aliphatic heterocycles. The van der Waals surface area contributed by atoms with E-state index in [2.05, 4.69) is 62.6 Å². The van der Waals surface area contributed by atoms with Crippen molar-refractivity contribution < 1.29 is 9.45 Å². The maximum absolute atomic E-state index is 13.4. The predicted molar refractivity (Wildman–Crippen MR) is 139 cm³/mol. The minimum Gasteiger partial charge on any atom is -0.428 e. The van der Waals surface area contributed by atoms with Crippen LogP contribution >= 0.6 is 12.6 Å². The van der Waals surface area contributed by atoms with Crippen LogP contribution in [0.2, 0.25) is 0 Å². The molecule has 1 aromatic heterocycles. The van der Waals surface area contributed by atoms with Crippen LogP contribution in [-0.4, -0.2) is 45.2 Å². The zero-order valence-corrected chi connectivity index (χ0v) is 21.4. The van der Waals surface area contributed by atoms with Gasteiger partial charge in [0.2, 0.25) is 0 Å². The lowest BCUT2D eigenvalue weighted by molar-refractivity contribution is 0.0734. The molecule has 2 atom stereocenters. The van der Waals surface area contributed by atoms with Crippen LogP contribution in [0.1, 0.15) is 92.3 Å². The van der Waals surface area contributed by atoms with E-state index in [0.29, 0.717) is 5.92 Å². The molecule has 2 unspecified atom stereocenters. The molecule has 175 valence electrons. The Bertz CT molecular complexity index is 1320. The lowest BCUT2D eigenvalue weighted by Crippen LogP contribution is -2.45. The first-order valence-corrected chi connectivity index (χ1v) is 12.7. The van der Waals surface area contributed by atoms with Gasteiger partial charge in [-0.2, -0.15) is 12.6 Å². The Kier molecular flexibility index (Phi) is 4.82. The van der Waals surface area contributed by atoms with Crippen LogP contribution in [0.4, 0.5) is 0 Å². The number of nitrogens with zero attached hydrogens (tertiary/aromatic N) is 3. The first kappa shape index (κ1) is 22.2. The van der Waals surface area contributed by atoms with E-state index in [0.717, 1.165) is 34.3 Å². The number of amides is 1. The van der Waals surface area contributed by atoms with Crippen LogP contribution < -0.4 is 5.46 Å². The predicted octanol–water partition coefficient (Wildman–Crippen LogP) is 4.78. The van der Waals surface area contributed by atoms with Crippen molar-refractivity contribution in [2.75, 3.05) is 7.05 Å². The van der Waals surface area contributed by atoms with Gasteiger partial charge in [-0.25, -0.2) is 4.98 Å². The zero-order chi connectivity index (χ0) is 24.0. The highest BCUT2D eigenvalue weighted by Crippen LogP contribution is 2.52. The molecule has 2 bridgehead atoms. The number of thiol groups is 1. The molecule has 0 spiro atoms. The number of carbonyl (C=O) groups is 1. The van der Waals surface area contributed by atoms with Gasteiger partial charge in [-0.3, -0.25) is 4.79 Å². The average Bonchev–Trinajstić information content (AvgIpc) is 3.49. The van der Waals surface area contributed by atoms with Crippen molar-refractivity contribution in [3.8, 4) is 0 Å².